The van der Waals surface area contributed by atoms with Gasteiger partial charge in [-0.15, -0.1) is 0 Å². The molecule has 4 heteroatoms. The van der Waals surface area contributed by atoms with Crippen molar-refractivity contribution in [2.75, 3.05) is 0 Å². The van der Waals surface area contributed by atoms with E-state index in [1.54, 1.807) is 6.07 Å². The van der Waals surface area contributed by atoms with E-state index in [0.717, 1.165) is 35.5 Å². The van der Waals surface area contributed by atoms with Crippen LogP contribution in [0.4, 0.5) is 0 Å². The van der Waals surface area contributed by atoms with Crippen molar-refractivity contribution in [3.05, 3.63) is 45.9 Å². The molecule has 2 aromatic rings. The summed E-state index contributed by atoms with van der Waals surface area (Å²) in [4.78, 5) is 8.60. The molecule has 0 saturated carbocycles. The summed E-state index contributed by atoms with van der Waals surface area (Å²) in [5, 5.41) is 0.417. The number of nitrogens with zero attached hydrogens (tertiary/aromatic N) is 2. The number of hydrogen-bond acceptors (Lipinski definition) is 3. The molecule has 0 unspecified atom stereocenters. The van der Waals surface area contributed by atoms with E-state index >= 15 is 0 Å². The van der Waals surface area contributed by atoms with Crippen molar-refractivity contribution < 1.29 is 4.74 Å². The lowest BCUT2D eigenvalue weighted by molar-refractivity contribution is 0.454. The topological polar surface area (TPSA) is 35.0 Å². The van der Waals surface area contributed by atoms with E-state index in [-0.39, 0.29) is 0 Å². The molecule has 0 aliphatic rings. The van der Waals surface area contributed by atoms with Crippen molar-refractivity contribution in [1.82, 2.24) is 9.97 Å². The normalized spacial score (nSPS) is 10.7. The number of hydrogen-bond donors (Lipinski definition) is 0. The van der Waals surface area contributed by atoms with Crippen molar-refractivity contribution in [1.29, 1.82) is 0 Å². The summed E-state index contributed by atoms with van der Waals surface area (Å²) < 4.78 is 5.90. The SMILES string of the molecule is CCCc1nc(Cl)cc(Oc2cc(C)cc(C)c2C)n1. The molecule has 2 rings (SSSR count). The molecule has 1 aromatic carbocycles. The van der Waals surface area contributed by atoms with Gasteiger partial charge in [0, 0.05) is 12.5 Å². The highest BCUT2D eigenvalue weighted by atomic mass is 35.5. The van der Waals surface area contributed by atoms with Crippen LogP contribution in [0.25, 0.3) is 0 Å². The molecule has 0 radical (unpaired) electrons. The molecule has 0 atom stereocenters. The van der Waals surface area contributed by atoms with Crippen LogP contribution in [0, 0.1) is 20.8 Å². The molecule has 1 aromatic heterocycles. The fraction of sp³-hybridized carbons (Fsp3) is 0.375. The lowest BCUT2D eigenvalue weighted by atomic mass is 10.1. The largest absolute Gasteiger partial charge is 0.439 e. The maximum Gasteiger partial charge on any atom is 0.224 e. The highest BCUT2D eigenvalue weighted by molar-refractivity contribution is 6.29. The second-order valence-corrected chi connectivity index (χ2v) is 5.39. The van der Waals surface area contributed by atoms with Gasteiger partial charge in [-0.3, -0.25) is 0 Å². The standard InChI is InChI=1S/C16H19ClN2O/c1-5-6-15-18-14(17)9-16(19-15)20-13-8-10(2)7-11(3)12(13)4/h7-9H,5-6H2,1-4H3. The molecule has 0 fully saturated rings. The van der Waals surface area contributed by atoms with E-state index in [1.807, 2.05) is 13.0 Å². The number of benzene rings is 1. The van der Waals surface area contributed by atoms with Crippen molar-refractivity contribution >= 4 is 11.6 Å². The van der Waals surface area contributed by atoms with E-state index in [4.69, 9.17) is 16.3 Å². The van der Waals surface area contributed by atoms with Crippen LogP contribution in [-0.4, -0.2) is 9.97 Å². The van der Waals surface area contributed by atoms with Gasteiger partial charge >= 0.3 is 0 Å². The summed E-state index contributed by atoms with van der Waals surface area (Å²) in [6, 6.07) is 5.80. The van der Waals surface area contributed by atoms with Crippen molar-refractivity contribution in [2.24, 2.45) is 0 Å². The summed E-state index contributed by atoms with van der Waals surface area (Å²) in [5.41, 5.74) is 3.48. The van der Waals surface area contributed by atoms with Crippen LogP contribution >= 0.6 is 11.6 Å². The summed E-state index contributed by atoms with van der Waals surface area (Å²) in [6.45, 7) is 8.25. The average Bonchev–Trinajstić information content (AvgIpc) is 2.35. The van der Waals surface area contributed by atoms with Crippen LogP contribution in [0.3, 0.4) is 0 Å². The zero-order chi connectivity index (χ0) is 14.7. The number of aromatic nitrogens is 2. The third kappa shape index (κ3) is 3.48. The number of aryl methyl sites for hydroxylation is 3. The van der Waals surface area contributed by atoms with Crippen molar-refractivity contribution in [3.8, 4) is 11.6 Å². The first-order chi connectivity index (χ1) is 9.49. The lowest BCUT2D eigenvalue weighted by Gasteiger charge is -2.12. The molecule has 0 bridgehead atoms. The predicted molar refractivity (Wildman–Crippen MR) is 81.8 cm³/mol. The minimum atomic E-state index is 0.417. The molecular weight excluding hydrogens is 272 g/mol. The first-order valence-electron chi connectivity index (χ1n) is 6.78. The van der Waals surface area contributed by atoms with Crippen LogP contribution < -0.4 is 4.74 Å². The predicted octanol–water partition coefficient (Wildman–Crippen LogP) is 4.80. The first-order valence-corrected chi connectivity index (χ1v) is 7.16. The van der Waals surface area contributed by atoms with Gasteiger partial charge in [-0.2, -0.15) is 4.98 Å². The Morgan fingerprint density at radius 3 is 2.55 bits per heavy atom. The van der Waals surface area contributed by atoms with E-state index in [2.05, 4.69) is 36.8 Å². The molecule has 0 saturated heterocycles. The monoisotopic (exact) mass is 290 g/mol. The van der Waals surface area contributed by atoms with Crippen molar-refractivity contribution in [3.63, 3.8) is 0 Å². The molecule has 0 aliphatic carbocycles. The Kier molecular flexibility index (Phi) is 4.61. The summed E-state index contributed by atoms with van der Waals surface area (Å²) in [5.74, 6) is 2.04. The van der Waals surface area contributed by atoms with Crippen LogP contribution in [0.1, 0.15) is 35.9 Å². The highest BCUT2D eigenvalue weighted by Crippen LogP contribution is 2.28. The Morgan fingerprint density at radius 2 is 1.85 bits per heavy atom. The van der Waals surface area contributed by atoms with E-state index in [9.17, 15) is 0 Å². The zero-order valence-electron chi connectivity index (χ0n) is 12.3. The Morgan fingerprint density at radius 1 is 1.10 bits per heavy atom. The van der Waals surface area contributed by atoms with Gasteiger partial charge in [-0.25, -0.2) is 4.98 Å². The Balaban J connectivity index is 2.34. The molecule has 106 valence electrons. The second kappa shape index (κ2) is 6.23. The highest BCUT2D eigenvalue weighted by Gasteiger charge is 2.09. The molecular formula is C16H19ClN2O. The Hall–Kier alpha value is -1.61. The van der Waals surface area contributed by atoms with Gasteiger partial charge in [-0.05, 0) is 49.9 Å². The van der Waals surface area contributed by atoms with Crippen LogP contribution in [-0.2, 0) is 6.42 Å². The van der Waals surface area contributed by atoms with E-state index in [0.29, 0.717) is 11.0 Å². The van der Waals surface area contributed by atoms with E-state index < -0.39 is 0 Å². The van der Waals surface area contributed by atoms with Crippen LogP contribution in [0.15, 0.2) is 18.2 Å². The quantitative estimate of drug-likeness (QED) is 0.759. The molecule has 20 heavy (non-hydrogen) atoms. The lowest BCUT2D eigenvalue weighted by Crippen LogP contribution is -1.99. The molecule has 0 aliphatic heterocycles. The number of halogens is 1. The molecule has 3 nitrogen and oxygen atoms in total. The molecule has 0 amide bonds. The zero-order valence-corrected chi connectivity index (χ0v) is 13.1. The van der Waals surface area contributed by atoms with Gasteiger partial charge in [0.2, 0.25) is 5.88 Å². The number of ether oxygens (including phenoxy) is 1. The minimum absolute atomic E-state index is 0.417. The second-order valence-electron chi connectivity index (χ2n) is 5.00. The van der Waals surface area contributed by atoms with Gasteiger partial charge in [0.05, 0.1) is 0 Å². The first kappa shape index (κ1) is 14.8. The number of rotatable bonds is 4. The van der Waals surface area contributed by atoms with Gasteiger partial charge in [0.15, 0.2) is 0 Å². The van der Waals surface area contributed by atoms with Crippen LogP contribution in [0.5, 0.6) is 11.6 Å². The molecule has 0 spiro atoms. The Bertz CT molecular complexity index is 626. The fourth-order valence-corrected chi connectivity index (χ4v) is 2.24. The van der Waals surface area contributed by atoms with Gasteiger partial charge in [-0.1, -0.05) is 24.6 Å². The van der Waals surface area contributed by atoms with Gasteiger partial charge in [0.25, 0.3) is 0 Å². The third-order valence-corrected chi connectivity index (χ3v) is 3.36. The van der Waals surface area contributed by atoms with E-state index in [1.165, 1.54) is 5.56 Å². The summed E-state index contributed by atoms with van der Waals surface area (Å²) >= 11 is 6.02. The summed E-state index contributed by atoms with van der Waals surface area (Å²) in [7, 11) is 0. The van der Waals surface area contributed by atoms with Crippen molar-refractivity contribution in [2.45, 2.75) is 40.5 Å². The van der Waals surface area contributed by atoms with Gasteiger partial charge < -0.3 is 4.74 Å². The Labute approximate surface area is 125 Å². The third-order valence-electron chi connectivity index (χ3n) is 3.17. The molecule has 0 N–H and O–H groups in total. The maximum atomic E-state index is 6.02. The average molecular weight is 291 g/mol. The van der Waals surface area contributed by atoms with Crippen LogP contribution in [0.2, 0.25) is 5.15 Å². The fourth-order valence-electron chi connectivity index (χ4n) is 2.05. The summed E-state index contributed by atoms with van der Waals surface area (Å²) in [6.07, 6.45) is 1.77. The minimum Gasteiger partial charge on any atom is -0.439 e. The maximum absolute atomic E-state index is 6.02. The molecule has 1 heterocycles. The van der Waals surface area contributed by atoms with Gasteiger partial charge in [0.1, 0.15) is 16.7 Å². The smallest absolute Gasteiger partial charge is 0.224 e.